The van der Waals surface area contributed by atoms with Crippen LogP contribution in [-0.2, 0) is 6.54 Å². The van der Waals surface area contributed by atoms with E-state index in [2.05, 4.69) is 29.4 Å². The predicted octanol–water partition coefficient (Wildman–Crippen LogP) is 2.27. The van der Waals surface area contributed by atoms with Gasteiger partial charge in [-0.1, -0.05) is 17.7 Å². The Kier molecular flexibility index (Phi) is 4.35. The molecule has 4 nitrogen and oxygen atoms in total. The highest BCUT2D eigenvalue weighted by molar-refractivity contribution is 14.1. The minimum absolute atomic E-state index is 0.0105. The largest absolute Gasteiger partial charge is 0.383 e. The van der Waals surface area contributed by atoms with Gasteiger partial charge in [0.15, 0.2) is 0 Å². The molecule has 1 heterocycles. The smallest absolute Gasteiger partial charge is 0.266 e. The highest BCUT2D eigenvalue weighted by Gasteiger charge is 2.00. The molecule has 18 heavy (non-hydrogen) atoms. The van der Waals surface area contributed by atoms with Crippen molar-refractivity contribution in [1.29, 1.82) is 0 Å². The second-order valence-electron chi connectivity index (χ2n) is 4.03. The molecule has 0 saturated heterocycles. The van der Waals surface area contributed by atoms with Crippen LogP contribution in [0, 0.1) is 10.5 Å². The summed E-state index contributed by atoms with van der Waals surface area (Å²) in [6.45, 7) is 3.36. The van der Waals surface area contributed by atoms with Crippen molar-refractivity contribution in [2.75, 3.05) is 11.9 Å². The van der Waals surface area contributed by atoms with Gasteiger partial charge in [0.2, 0.25) is 0 Å². The lowest BCUT2D eigenvalue weighted by Crippen LogP contribution is -2.25. The zero-order chi connectivity index (χ0) is 13.0. The van der Waals surface area contributed by atoms with E-state index < -0.39 is 0 Å². The lowest BCUT2D eigenvalue weighted by atomic mass is 10.2. The van der Waals surface area contributed by atoms with Gasteiger partial charge in [-0.2, -0.15) is 0 Å². The zero-order valence-corrected chi connectivity index (χ0v) is 12.2. The van der Waals surface area contributed by atoms with Crippen molar-refractivity contribution < 1.29 is 0 Å². The highest BCUT2D eigenvalue weighted by Crippen LogP contribution is 2.07. The molecule has 0 bridgehead atoms. The molecule has 5 heteroatoms. The Hall–Kier alpha value is -1.37. The Morgan fingerprint density at radius 1 is 1.33 bits per heavy atom. The number of anilines is 1. The van der Waals surface area contributed by atoms with Crippen LogP contribution in [0.15, 0.2) is 41.6 Å². The van der Waals surface area contributed by atoms with Crippen LogP contribution in [0.25, 0.3) is 0 Å². The highest BCUT2D eigenvalue weighted by atomic mass is 127. The second-order valence-corrected chi connectivity index (χ2v) is 5.20. The second kappa shape index (κ2) is 5.99. The zero-order valence-electron chi connectivity index (χ0n) is 10.1. The lowest BCUT2D eigenvalue weighted by molar-refractivity contribution is 0.676. The third-order valence-electron chi connectivity index (χ3n) is 2.59. The van der Waals surface area contributed by atoms with Gasteiger partial charge in [-0.05, 0) is 41.6 Å². The molecule has 2 rings (SSSR count). The van der Waals surface area contributed by atoms with Crippen LogP contribution < -0.4 is 10.9 Å². The maximum Gasteiger partial charge on any atom is 0.266 e. The van der Waals surface area contributed by atoms with E-state index in [0.717, 1.165) is 5.69 Å². The summed E-state index contributed by atoms with van der Waals surface area (Å²) in [5, 5.41) is 3.28. The number of nitrogens with zero attached hydrogens (tertiary/aromatic N) is 2. The maximum atomic E-state index is 11.7. The fourth-order valence-corrected chi connectivity index (χ4v) is 2.05. The van der Waals surface area contributed by atoms with Crippen LogP contribution in [0.5, 0.6) is 0 Å². The average Bonchev–Trinajstić information content (AvgIpc) is 2.37. The lowest BCUT2D eigenvalue weighted by Gasteiger charge is -2.08. The molecule has 0 aliphatic rings. The van der Waals surface area contributed by atoms with E-state index >= 15 is 0 Å². The van der Waals surface area contributed by atoms with E-state index in [4.69, 9.17) is 0 Å². The quantitative estimate of drug-likeness (QED) is 0.856. The molecular formula is C13H14IN3O. The summed E-state index contributed by atoms with van der Waals surface area (Å²) in [6.07, 6.45) is 3.15. The summed E-state index contributed by atoms with van der Waals surface area (Å²) >= 11 is 2.00. The fraction of sp³-hybridized carbons (Fsp3) is 0.231. The summed E-state index contributed by atoms with van der Waals surface area (Å²) in [5.74, 6) is 0. The molecule has 1 aromatic carbocycles. The van der Waals surface area contributed by atoms with E-state index in [-0.39, 0.29) is 5.56 Å². The molecule has 94 valence electrons. The predicted molar refractivity (Wildman–Crippen MR) is 80.9 cm³/mol. The van der Waals surface area contributed by atoms with Gasteiger partial charge in [-0.3, -0.25) is 9.36 Å². The normalized spacial score (nSPS) is 10.3. The summed E-state index contributed by atoms with van der Waals surface area (Å²) in [4.78, 5) is 15.8. The van der Waals surface area contributed by atoms with Gasteiger partial charge in [0.1, 0.15) is 0 Å². The maximum absolute atomic E-state index is 11.7. The van der Waals surface area contributed by atoms with Gasteiger partial charge < -0.3 is 5.32 Å². The van der Waals surface area contributed by atoms with Crippen LogP contribution >= 0.6 is 22.6 Å². The molecule has 0 saturated carbocycles. The summed E-state index contributed by atoms with van der Waals surface area (Å²) in [6, 6.07) is 8.18. The summed E-state index contributed by atoms with van der Waals surface area (Å²) in [5.41, 5.74) is 2.31. The molecule has 1 N–H and O–H groups in total. The number of halogens is 1. The Morgan fingerprint density at radius 3 is 2.78 bits per heavy atom. The molecule has 0 radical (unpaired) electrons. The average molecular weight is 355 g/mol. The molecule has 0 aliphatic heterocycles. The molecule has 0 fully saturated rings. The molecular weight excluding hydrogens is 341 g/mol. The number of nitrogens with one attached hydrogen (secondary N) is 1. The fourth-order valence-electron chi connectivity index (χ4n) is 1.58. The van der Waals surface area contributed by atoms with Crippen molar-refractivity contribution in [2.45, 2.75) is 13.5 Å². The topological polar surface area (TPSA) is 46.9 Å². The van der Waals surface area contributed by atoms with Gasteiger partial charge in [0.05, 0.1) is 9.90 Å². The number of hydrogen-bond donors (Lipinski definition) is 1. The molecule has 0 aliphatic carbocycles. The monoisotopic (exact) mass is 355 g/mol. The number of hydrogen-bond acceptors (Lipinski definition) is 3. The molecule has 1 aromatic heterocycles. The number of benzene rings is 1. The van der Waals surface area contributed by atoms with Crippen LogP contribution in [0.3, 0.4) is 0 Å². The molecule has 0 unspecified atom stereocenters. The molecule has 0 amide bonds. The van der Waals surface area contributed by atoms with Gasteiger partial charge in [0, 0.05) is 25.0 Å². The molecule has 0 spiro atoms. The first-order chi connectivity index (χ1) is 8.66. The summed E-state index contributed by atoms with van der Waals surface area (Å²) in [7, 11) is 0. The van der Waals surface area contributed by atoms with Crippen molar-refractivity contribution >= 4 is 28.3 Å². The van der Waals surface area contributed by atoms with Gasteiger partial charge >= 0.3 is 0 Å². The van der Waals surface area contributed by atoms with Gasteiger partial charge in [0.25, 0.3) is 5.56 Å². The first-order valence-electron chi connectivity index (χ1n) is 5.67. The van der Waals surface area contributed by atoms with E-state index in [9.17, 15) is 4.79 Å². The first-order valence-corrected chi connectivity index (χ1v) is 6.75. The Bertz CT molecular complexity index is 578. The van der Waals surface area contributed by atoms with Crippen molar-refractivity contribution in [3.8, 4) is 0 Å². The minimum atomic E-state index is 0.0105. The van der Waals surface area contributed by atoms with Crippen LogP contribution in [0.1, 0.15) is 5.56 Å². The number of aromatic nitrogens is 2. The standard InChI is InChI=1S/C13H14IN3O/c1-10-2-4-11(5-3-10)16-6-7-17-9-15-8-12(14)13(17)18/h2-5,8-9,16H,6-7H2,1H3. The van der Waals surface area contributed by atoms with Crippen LogP contribution in [-0.4, -0.2) is 16.1 Å². The minimum Gasteiger partial charge on any atom is -0.383 e. The Morgan fingerprint density at radius 2 is 2.06 bits per heavy atom. The SMILES string of the molecule is Cc1ccc(NCCn2cncc(I)c2=O)cc1. The number of aryl methyl sites for hydroxylation is 1. The summed E-state index contributed by atoms with van der Waals surface area (Å²) < 4.78 is 2.26. The first kappa shape index (κ1) is 13.1. The van der Waals surface area contributed by atoms with E-state index in [1.807, 2.05) is 34.7 Å². The third-order valence-corrected chi connectivity index (χ3v) is 3.33. The van der Waals surface area contributed by atoms with Gasteiger partial charge in [-0.15, -0.1) is 0 Å². The molecule has 0 atom stereocenters. The van der Waals surface area contributed by atoms with Crippen LogP contribution in [0.4, 0.5) is 5.69 Å². The number of rotatable bonds is 4. The van der Waals surface area contributed by atoms with Crippen molar-refractivity contribution in [1.82, 2.24) is 9.55 Å². The van der Waals surface area contributed by atoms with Crippen molar-refractivity contribution in [3.05, 3.63) is 56.3 Å². The third kappa shape index (κ3) is 3.32. The molecule has 2 aromatic rings. The van der Waals surface area contributed by atoms with E-state index in [1.165, 1.54) is 5.56 Å². The van der Waals surface area contributed by atoms with Crippen molar-refractivity contribution in [3.63, 3.8) is 0 Å². The van der Waals surface area contributed by atoms with E-state index in [1.54, 1.807) is 17.1 Å². The Labute approximate surface area is 119 Å². The van der Waals surface area contributed by atoms with Crippen LogP contribution in [0.2, 0.25) is 0 Å². The van der Waals surface area contributed by atoms with Crippen molar-refractivity contribution in [2.24, 2.45) is 0 Å². The van der Waals surface area contributed by atoms with Gasteiger partial charge in [-0.25, -0.2) is 4.98 Å². The van der Waals surface area contributed by atoms with E-state index in [0.29, 0.717) is 16.7 Å². The Balaban J connectivity index is 1.94.